The van der Waals surface area contributed by atoms with Crippen LogP contribution in [0.3, 0.4) is 0 Å². The zero-order valence-electron chi connectivity index (χ0n) is 17.2. The number of carbonyl (C=O) groups excluding carboxylic acids is 1. The molecule has 0 unspecified atom stereocenters. The summed E-state index contributed by atoms with van der Waals surface area (Å²) in [7, 11) is -3.57. The van der Waals surface area contributed by atoms with Crippen LogP contribution >= 0.6 is 0 Å². The number of fused-ring (bicyclic) bond motifs is 1. The summed E-state index contributed by atoms with van der Waals surface area (Å²) < 4.78 is 27.9. The Kier molecular flexibility index (Phi) is 6.56. The molecule has 0 saturated carbocycles. The molecule has 160 valence electrons. The number of rotatable bonds is 6. The van der Waals surface area contributed by atoms with Crippen LogP contribution in [0.5, 0.6) is 0 Å². The van der Waals surface area contributed by atoms with Crippen LogP contribution in [0.2, 0.25) is 0 Å². The highest BCUT2D eigenvalue weighted by Gasteiger charge is 2.28. The average molecular weight is 420 g/mol. The van der Waals surface area contributed by atoms with Gasteiger partial charge in [-0.05, 0) is 87.7 Å². The van der Waals surface area contributed by atoms with Crippen LogP contribution in [-0.4, -0.2) is 62.9 Å². The van der Waals surface area contributed by atoms with Gasteiger partial charge in [-0.2, -0.15) is 0 Å². The quantitative estimate of drug-likeness (QED) is 0.768. The van der Waals surface area contributed by atoms with Crippen molar-refractivity contribution in [1.82, 2.24) is 14.5 Å². The normalized spacial score (nSPS) is 21.3. The molecule has 2 heterocycles. The third kappa shape index (κ3) is 5.01. The Balaban J connectivity index is 1.24. The minimum Gasteiger partial charge on any atom is -0.343 e. The number of nitrogens with zero attached hydrogens (tertiary/aromatic N) is 2. The van der Waals surface area contributed by atoms with E-state index in [2.05, 4.69) is 9.62 Å². The molecule has 1 aromatic rings. The molecule has 0 atom stereocenters. The number of hydrogen-bond acceptors (Lipinski definition) is 4. The lowest BCUT2D eigenvalue weighted by Gasteiger charge is -2.36. The highest BCUT2D eigenvalue weighted by Crippen LogP contribution is 2.24. The van der Waals surface area contributed by atoms with Gasteiger partial charge in [-0.1, -0.05) is 6.07 Å². The maximum atomic E-state index is 12.6. The third-order valence-corrected chi connectivity index (χ3v) is 8.19. The monoisotopic (exact) mass is 419 g/mol. The standard InChI is InChI=1S/C22H33N3O3S/c26-22(25-15-10-20(11-16-25)24-13-3-4-14-24)9-12-23-29(27,28)21-8-7-18-5-1-2-6-19(18)17-21/h7-8,17,20,23H,1-6,9-16H2. The number of piperidine rings is 1. The Bertz CT molecular complexity index is 826. The van der Waals surface area contributed by atoms with Crippen molar-refractivity contribution in [1.29, 1.82) is 0 Å². The number of hydrogen-bond donors (Lipinski definition) is 1. The molecule has 0 radical (unpaired) electrons. The van der Waals surface area contributed by atoms with E-state index >= 15 is 0 Å². The molecule has 0 spiro atoms. The van der Waals surface area contributed by atoms with Gasteiger partial charge in [-0.15, -0.1) is 0 Å². The summed E-state index contributed by atoms with van der Waals surface area (Å²) in [5.74, 6) is 0.0537. The molecule has 0 aromatic heterocycles. The van der Waals surface area contributed by atoms with E-state index in [1.54, 1.807) is 6.07 Å². The van der Waals surface area contributed by atoms with Crippen molar-refractivity contribution in [2.24, 2.45) is 0 Å². The van der Waals surface area contributed by atoms with Crippen LogP contribution < -0.4 is 4.72 Å². The van der Waals surface area contributed by atoms with Gasteiger partial charge >= 0.3 is 0 Å². The first kappa shape index (κ1) is 20.8. The number of amides is 1. The summed E-state index contributed by atoms with van der Waals surface area (Å²) in [5.41, 5.74) is 2.42. The van der Waals surface area contributed by atoms with Crippen molar-refractivity contribution in [2.75, 3.05) is 32.7 Å². The van der Waals surface area contributed by atoms with Gasteiger partial charge in [0.1, 0.15) is 0 Å². The molecule has 2 aliphatic heterocycles. The first-order chi connectivity index (χ1) is 14.0. The van der Waals surface area contributed by atoms with Gasteiger partial charge in [0.15, 0.2) is 0 Å². The number of nitrogens with one attached hydrogen (secondary N) is 1. The smallest absolute Gasteiger partial charge is 0.240 e. The largest absolute Gasteiger partial charge is 0.343 e. The van der Waals surface area contributed by atoms with Crippen molar-refractivity contribution in [3.05, 3.63) is 29.3 Å². The number of benzene rings is 1. The van der Waals surface area contributed by atoms with Gasteiger partial charge in [0, 0.05) is 32.1 Å². The number of likely N-dealkylation sites (tertiary alicyclic amines) is 2. The molecule has 1 aromatic carbocycles. The second-order valence-electron chi connectivity index (χ2n) is 8.64. The van der Waals surface area contributed by atoms with Crippen molar-refractivity contribution >= 4 is 15.9 Å². The number of sulfonamides is 1. The average Bonchev–Trinajstić information content (AvgIpc) is 3.28. The zero-order chi connectivity index (χ0) is 20.3. The van der Waals surface area contributed by atoms with Gasteiger partial charge in [-0.3, -0.25) is 4.79 Å². The van der Waals surface area contributed by atoms with E-state index < -0.39 is 10.0 Å². The van der Waals surface area contributed by atoms with Crippen molar-refractivity contribution in [3.8, 4) is 0 Å². The molecule has 2 saturated heterocycles. The summed E-state index contributed by atoms with van der Waals surface area (Å²) in [4.78, 5) is 17.3. The highest BCUT2D eigenvalue weighted by atomic mass is 32.2. The van der Waals surface area contributed by atoms with Crippen LogP contribution in [0, 0.1) is 0 Å². The Morgan fingerprint density at radius 3 is 2.38 bits per heavy atom. The molecule has 7 heteroatoms. The third-order valence-electron chi connectivity index (χ3n) is 6.74. The molecule has 2 fully saturated rings. The van der Waals surface area contributed by atoms with Crippen LogP contribution in [0.15, 0.2) is 23.1 Å². The SMILES string of the molecule is O=C(CCNS(=O)(=O)c1ccc2c(c1)CCCC2)N1CCC(N2CCCC2)CC1. The number of aryl methyl sites for hydroxylation is 2. The lowest BCUT2D eigenvalue weighted by Crippen LogP contribution is -2.46. The lowest BCUT2D eigenvalue weighted by atomic mass is 9.92. The second kappa shape index (κ2) is 9.14. The fourth-order valence-corrected chi connectivity index (χ4v) is 6.08. The first-order valence-corrected chi connectivity index (χ1v) is 12.6. The van der Waals surface area contributed by atoms with Crippen LogP contribution in [0.4, 0.5) is 0 Å². The van der Waals surface area contributed by atoms with Crippen LogP contribution in [-0.2, 0) is 27.7 Å². The second-order valence-corrected chi connectivity index (χ2v) is 10.4. The molecule has 1 aliphatic carbocycles. The predicted octanol–water partition coefficient (Wildman–Crippen LogP) is 2.32. The van der Waals surface area contributed by atoms with Gasteiger partial charge in [0.25, 0.3) is 0 Å². The lowest BCUT2D eigenvalue weighted by molar-refractivity contribution is -0.132. The van der Waals surface area contributed by atoms with Crippen molar-refractivity contribution in [3.63, 3.8) is 0 Å². The molecule has 0 bridgehead atoms. The fraction of sp³-hybridized carbons (Fsp3) is 0.682. The summed E-state index contributed by atoms with van der Waals surface area (Å²) >= 11 is 0. The van der Waals surface area contributed by atoms with E-state index in [4.69, 9.17) is 0 Å². The Morgan fingerprint density at radius 2 is 1.66 bits per heavy atom. The Labute approximate surface area is 174 Å². The molecular weight excluding hydrogens is 386 g/mol. The van der Waals surface area contributed by atoms with Crippen molar-refractivity contribution in [2.45, 2.75) is 68.7 Å². The fourth-order valence-electron chi connectivity index (χ4n) is 5.00. The van der Waals surface area contributed by atoms with Gasteiger partial charge in [0.05, 0.1) is 4.90 Å². The topological polar surface area (TPSA) is 69.7 Å². The van der Waals surface area contributed by atoms with E-state index in [-0.39, 0.29) is 18.9 Å². The molecule has 6 nitrogen and oxygen atoms in total. The van der Waals surface area contributed by atoms with Gasteiger partial charge in [0.2, 0.25) is 15.9 Å². The summed E-state index contributed by atoms with van der Waals surface area (Å²) in [6, 6.07) is 6.06. The molecule has 4 rings (SSSR count). The number of carbonyl (C=O) groups is 1. The van der Waals surface area contributed by atoms with Crippen LogP contribution in [0.25, 0.3) is 0 Å². The van der Waals surface area contributed by atoms with E-state index in [1.807, 2.05) is 17.0 Å². The molecule has 1 amide bonds. The van der Waals surface area contributed by atoms with Crippen LogP contribution in [0.1, 0.15) is 56.1 Å². The van der Waals surface area contributed by atoms with Gasteiger partial charge < -0.3 is 9.80 Å². The predicted molar refractivity (Wildman–Crippen MR) is 113 cm³/mol. The van der Waals surface area contributed by atoms with Gasteiger partial charge in [-0.25, -0.2) is 13.1 Å². The molecule has 29 heavy (non-hydrogen) atoms. The minimum atomic E-state index is -3.57. The first-order valence-electron chi connectivity index (χ1n) is 11.2. The molecular formula is C22H33N3O3S. The Morgan fingerprint density at radius 1 is 0.966 bits per heavy atom. The summed E-state index contributed by atoms with van der Waals surface area (Å²) in [6.07, 6.45) is 9.16. The van der Waals surface area contributed by atoms with E-state index in [0.717, 1.165) is 50.8 Å². The minimum absolute atomic E-state index is 0.0537. The summed E-state index contributed by atoms with van der Waals surface area (Å²) in [6.45, 7) is 4.13. The summed E-state index contributed by atoms with van der Waals surface area (Å²) in [5, 5.41) is 0. The van der Waals surface area contributed by atoms with E-state index in [1.165, 1.54) is 37.9 Å². The maximum Gasteiger partial charge on any atom is 0.240 e. The maximum absolute atomic E-state index is 12.6. The highest BCUT2D eigenvalue weighted by molar-refractivity contribution is 7.89. The molecule has 3 aliphatic rings. The van der Waals surface area contributed by atoms with Crippen molar-refractivity contribution < 1.29 is 13.2 Å². The zero-order valence-corrected chi connectivity index (χ0v) is 18.1. The van der Waals surface area contributed by atoms with E-state index in [9.17, 15) is 13.2 Å². The van der Waals surface area contributed by atoms with E-state index in [0.29, 0.717) is 10.9 Å². The Hall–Kier alpha value is -1.44. The molecule has 1 N–H and O–H groups in total.